The molecule has 0 aliphatic carbocycles. The van der Waals surface area contributed by atoms with E-state index in [1.54, 1.807) is 0 Å². The summed E-state index contributed by atoms with van der Waals surface area (Å²) in [4.78, 5) is 3.34. The predicted octanol–water partition coefficient (Wildman–Crippen LogP) is 4.74. The van der Waals surface area contributed by atoms with Gasteiger partial charge in [-0.25, -0.2) is 0 Å². The number of aromatic amines is 1. The molecule has 0 radical (unpaired) electrons. The molecule has 3 aromatic rings. The van der Waals surface area contributed by atoms with E-state index in [9.17, 15) is 0 Å². The van der Waals surface area contributed by atoms with Crippen molar-refractivity contribution in [3.8, 4) is 0 Å². The summed E-state index contributed by atoms with van der Waals surface area (Å²) in [5.74, 6) is 0. The fraction of sp³-hybridized carbons (Fsp3) is 0. The minimum absolute atomic E-state index is 0.760. The summed E-state index contributed by atoms with van der Waals surface area (Å²) in [6.45, 7) is 0. The summed E-state index contributed by atoms with van der Waals surface area (Å²) >= 11 is 9.66. The van der Waals surface area contributed by atoms with Crippen molar-refractivity contribution in [2.24, 2.45) is 0 Å². The Balaban J connectivity index is 2.63. The first kappa shape index (κ1) is 9.25. The summed E-state index contributed by atoms with van der Waals surface area (Å²) in [7, 11) is 0. The number of aromatic nitrogens is 1. The third-order valence-corrected chi connectivity index (χ3v) is 3.54. The minimum Gasteiger partial charge on any atom is -0.352 e. The first-order valence-electron chi connectivity index (χ1n) is 4.62. The Labute approximate surface area is 100 Å². The third-order valence-electron chi connectivity index (χ3n) is 2.57. The number of hydrogen-bond acceptors (Lipinski definition) is 0. The number of para-hydroxylation sites is 2. The smallest absolute Gasteiger partial charge is 0.0654 e. The Morgan fingerprint density at radius 2 is 1.60 bits per heavy atom. The van der Waals surface area contributed by atoms with Crippen molar-refractivity contribution in [3.63, 3.8) is 0 Å². The van der Waals surface area contributed by atoms with Crippen molar-refractivity contribution in [2.75, 3.05) is 0 Å². The van der Waals surface area contributed by atoms with Crippen LogP contribution in [0.1, 0.15) is 0 Å². The van der Waals surface area contributed by atoms with Crippen molar-refractivity contribution in [2.45, 2.75) is 0 Å². The van der Waals surface area contributed by atoms with E-state index in [4.69, 9.17) is 11.6 Å². The normalized spacial score (nSPS) is 11.3. The van der Waals surface area contributed by atoms with Crippen LogP contribution in [0.3, 0.4) is 0 Å². The van der Waals surface area contributed by atoms with Crippen LogP contribution >= 0.6 is 27.5 Å². The monoisotopic (exact) mass is 279 g/mol. The van der Waals surface area contributed by atoms with Gasteiger partial charge in [0.2, 0.25) is 0 Å². The van der Waals surface area contributed by atoms with Gasteiger partial charge in [-0.15, -0.1) is 0 Å². The van der Waals surface area contributed by atoms with Crippen LogP contribution in [0.4, 0.5) is 0 Å². The van der Waals surface area contributed by atoms with Crippen LogP contribution in [-0.2, 0) is 0 Å². The lowest BCUT2D eigenvalue weighted by Gasteiger charge is -1.92. The Morgan fingerprint density at radius 3 is 2.40 bits per heavy atom. The van der Waals surface area contributed by atoms with Gasteiger partial charge in [0.15, 0.2) is 0 Å². The van der Waals surface area contributed by atoms with Crippen LogP contribution in [0.5, 0.6) is 0 Å². The highest BCUT2D eigenvalue weighted by Crippen LogP contribution is 2.33. The van der Waals surface area contributed by atoms with Gasteiger partial charge < -0.3 is 4.98 Å². The molecule has 3 rings (SSSR count). The molecule has 0 spiro atoms. The van der Waals surface area contributed by atoms with E-state index in [1.807, 2.05) is 24.3 Å². The van der Waals surface area contributed by atoms with E-state index in [-0.39, 0.29) is 0 Å². The largest absolute Gasteiger partial charge is 0.352 e. The molecule has 0 unspecified atom stereocenters. The van der Waals surface area contributed by atoms with E-state index in [0.717, 1.165) is 20.5 Å². The van der Waals surface area contributed by atoms with E-state index >= 15 is 0 Å². The molecule has 1 heterocycles. The summed E-state index contributed by atoms with van der Waals surface area (Å²) in [6, 6.07) is 12.1. The number of halogens is 2. The van der Waals surface area contributed by atoms with Crippen molar-refractivity contribution in [1.82, 2.24) is 4.98 Å². The Morgan fingerprint density at radius 1 is 0.933 bits per heavy atom. The Hall–Kier alpha value is -0.990. The van der Waals surface area contributed by atoms with Gasteiger partial charge in [-0.2, -0.15) is 0 Å². The summed E-state index contributed by atoms with van der Waals surface area (Å²) in [5.41, 5.74) is 2.10. The molecule has 1 aromatic heterocycles. The number of hydrogen-bond donors (Lipinski definition) is 1. The molecular formula is C12H7BrClN. The van der Waals surface area contributed by atoms with Crippen LogP contribution < -0.4 is 0 Å². The first-order valence-corrected chi connectivity index (χ1v) is 5.79. The number of benzene rings is 2. The van der Waals surface area contributed by atoms with E-state index in [1.165, 1.54) is 10.8 Å². The van der Waals surface area contributed by atoms with Gasteiger partial charge >= 0.3 is 0 Å². The van der Waals surface area contributed by atoms with Gasteiger partial charge in [-0.1, -0.05) is 35.9 Å². The summed E-state index contributed by atoms with van der Waals surface area (Å²) in [6.07, 6.45) is 0. The molecule has 0 fully saturated rings. The van der Waals surface area contributed by atoms with E-state index in [2.05, 4.69) is 33.0 Å². The zero-order valence-corrected chi connectivity index (χ0v) is 10.1. The second-order valence-corrected chi connectivity index (χ2v) is 4.71. The molecule has 0 amide bonds. The van der Waals surface area contributed by atoms with Crippen molar-refractivity contribution < 1.29 is 0 Å². The van der Waals surface area contributed by atoms with Crippen LogP contribution in [0, 0.1) is 0 Å². The van der Waals surface area contributed by atoms with Crippen LogP contribution in [0.25, 0.3) is 21.8 Å². The molecule has 0 aliphatic rings. The number of rotatable bonds is 0. The predicted molar refractivity (Wildman–Crippen MR) is 68.5 cm³/mol. The molecule has 15 heavy (non-hydrogen) atoms. The second kappa shape index (κ2) is 3.26. The molecular weight excluding hydrogens is 273 g/mol. The molecule has 3 heteroatoms. The lowest BCUT2D eigenvalue weighted by Crippen LogP contribution is -1.69. The molecule has 0 bridgehead atoms. The van der Waals surface area contributed by atoms with Crippen LogP contribution in [-0.4, -0.2) is 4.98 Å². The SMILES string of the molecule is Clc1cccc2c1[nH]c1c(Br)cccc12. The molecule has 2 aromatic carbocycles. The van der Waals surface area contributed by atoms with E-state index < -0.39 is 0 Å². The van der Waals surface area contributed by atoms with E-state index in [0.29, 0.717) is 0 Å². The highest BCUT2D eigenvalue weighted by molar-refractivity contribution is 9.10. The quantitative estimate of drug-likeness (QED) is 0.612. The fourth-order valence-electron chi connectivity index (χ4n) is 1.88. The molecule has 1 N–H and O–H groups in total. The number of nitrogens with one attached hydrogen (secondary N) is 1. The van der Waals surface area contributed by atoms with Crippen LogP contribution in [0.2, 0.25) is 5.02 Å². The molecule has 74 valence electrons. The molecule has 0 atom stereocenters. The van der Waals surface area contributed by atoms with Crippen molar-refractivity contribution >= 4 is 49.3 Å². The standard InChI is InChI=1S/C12H7BrClN/c13-9-5-1-3-7-8-4-2-6-10(14)12(8)15-11(7)9/h1-6,15H. The minimum atomic E-state index is 0.760. The van der Waals surface area contributed by atoms with Crippen molar-refractivity contribution in [1.29, 1.82) is 0 Å². The molecule has 0 aliphatic heterocycles. The lowest BCUT2D eigenvalue weighted by atomic mass is 10.1. The third kappa shape index (κ3) is 1.29. The number of fused-ring (bicyclic) bond motifs is 3. The molecule has 0 saturated heterocycles. The Bertz CT molecular complexity index is 601. The highest BCUT2D eigenvalue weighted by Gasteiger charge is 2.07. The molecule has 0 saturated carbocycles. The topological polar surface area (TPSA) is 15.8 Å². The second-order valence-electron chi connectivity index (χ2n) is 3.45. The van der Waals surface area contributed by atoms with Gasteiger partial charge in [0.1, 0.15) is 0 Å². The average Bonchev–Trinajstić information content (AvgIpc) is 2.60. The first-order chi connectivity index (χ1) is 7.27. The van der Waals surface area contributed by atoms with Gasteiger partial charge in [-0.3, -0.25) is 0 Å². The zero-order chi connectivity index (χ0) is 10.4. The average molecular weight is 281 g/mol. The van der Waals surface area contributed by atoms with Gasteiger partial charge in [0.25, 0.3) is 0 Å². The van der Waals surface area contributed by atoms with Gasteiger partial charge in [0, 0.05) is 15.2 Å². The maximum Gasteiger partial charge on any atom is 0.0654 e. The van der Waals surface area contributed by atoms with Crippen molar-refractivity contribution in [3.05, 3.63) is 45.9 Å². The maximum absolute atomic E-state index is 6.13. The van der Waals surface area contributed by atoms with Gasteiger partial charge in [0.05, 0.1) is 16.1 Å². The summed E-state index contributed by atoms with van der Waals surface area (Å²) in [5, 5.41) is 3.12. The molecule has 1 nitrogen and oxygen atoms in total. The summed E-state index contributed by atoms with van der Waals surface area (Å²) < 4.78 is 1.06. The highest BCUT2D eigenvalue weighted by atomic mass is 79.9. The number of H-pyrrole nitrogens is 1. The lowest BCUT2D eigenvalue weighted by molar-refractivity contribution is 1.53. The Kier molecular flexibility index (Phi) is 2.01. The maximum atomic E-state index is 6.13. The van der Waals surface area contributed by atoms with Gasteiger partial charge in [-0.05, 0) is 28.1 Å². The van der Waals surface area contributed by atoms with Crippen LogP contribution in [0.15, 0.2) is 40.9 Å². The zero-order valence-electron chi connectivity index (χ0n) is 7.72. The fourth-order valence-corrected chi connectivity index (χ4v) is 2.56.